The molecular weight excluding hydrogens is 300 g/mol. The number of benzene rings is 3. The molecule has 0 N–H and O–H groups in total. The third-order valence-electron chi connectivity index (χ3n) is 5.18. The molecule has 25 heavy (non-hydrogen) atoms. The van der Waals surface area contributed by atoms with Crippen molar-refractivity contribution in [2.75, 3.05) is 0 Å². The third-order valence-corrected chi connectivity index (χ3v) is 5.18. The van der Waals surface area contributed by atoms with Gasteiger partial charge in [-0.1, -0.05) is 74.0 Å². The van der Waals surface area contributed by atoms with Gasteiger partial charge in [0.2, 0.25) is 0 Å². The van der Waals surface area contributed by atoms with Crippen LogP contribution in [0.5, 0.6) is 0 Å². The van der Waals surface area contributed by atoms with Crippen molar-refractivity contribution in [2.24, 2.45) is 0 Å². The summed E-state index contributed by atoms with van der Waals surface area (Å²) in [5, 5.41) is 0. The maximum Gasteiger partial charge on any atom is -0.00258 e. The van der Waals surface area contributed by atoms with Crippen LogP contribution in [0.2, 0.25) is 0 Å². The average Bonchev–Trinajstić information content (AvgIpc) is 2.62. The number of aryl methyl sites for hydroxylation is 3. The van der Waals surface area contributed by atoms with Gasteiger partial charge in [0.25, 0.3) is 0 Å². The first-order valence-corrected chi connectivity index (χ1v) is 9.32. The van der Waals surface area contributed by atoms with E-state index in [-0.39, 0.29) is 0 Å². The highest BCUT2D eigenvalue weighted by molar-refractivity contribution is 5.66. The van der Waals surface area contributed by atoms with E-state index in [1.165, 1.54) is 57.3 Å². The second kappa shape index (κ2) is 7.70. The molecule has 0 unspecified atom stereocenters. The predicted molar refractivity (Wildman–Crippen MR) is 109 cm³/mol. The first kappa shape index (κ1) is 17.5. The molecule has 0 saturated carbocycles. The lowest BCUT2D eigenvalue weighted by Crippen LogP contribution is -1.91. The molecule has 0 bridgehead atoms. The zero-order valence-electron chi connectivity index (χ0n) is 15.9. The van der Waals surface area contributed by atoms with Crippen LogP contribution < -0.4 is 0 Å². The maximum atomic E-state index is 2.30. The summed E-state index contributed by atoms with van der Waals surface area (Å²) in [6.45, 7) is 8.82. The zero-order chi connectivity index (χ0) is 17.8. The minimum atomic E-state index is 0.999. The van der Waals surface area contributed by atoms with Crippen molar-refractivity contribution in [3.63, 3.8) is 0 Å². The molecule has 0 atom stereocenters. The Morgan fingerprint density at radius 3 is 1.60 bits per heavy atom. The molecule has 3 aromatic carbocycles. The van der Waals surface area contributed by atoms with Crippen LogP contribution in [-0.2, 0) is 12.8 Å². The summed E-state index contributed by atoms with van der Waals surface area (Å²) >= 11 is 0. The first-order chi connectivity index (χ1) is 12.1. The standard InChI is InChI=1S/C25H28/c1-5-6-21-7-9-22(10-8-21)17-23-11-13-24(14-12-23)25-15-18(2)20(4)19(3)16-25/h7-16H,5-6,17H2,1-4H3. The van der Waals surface area contributed by atoms with Gasteiger partial charge in [0.05, 0.1) is 0 Å². The monoisotopic (exact) mass is 328 g/mol. The first-order valence-electron chi connectivity index (χ1n) is 9.32. The molecule has 0 fully saturated rings. The van der Waals surface area contributed by atoms with E-state index in [1.807, 2.05) is 0 Å². The van der Waals surface area contributed by atoms with Crippen molar-refractivity contribution in [3.05, 3.63) is 94.0 Å². The van der Waals surface area contributed by atoms with Crippen molar-refractivity contribution in [1.29, 1.82) is 0 Å². The fourth-order valence-electron chi connectivity index (χ4n) is 3.37. The molecule has 0 nitrogen and oxygen atoms in total. The largest absolute Gasteiger partial charge is 0.0651 e. The van der Waals surface area contributed by atoms with Gasteiger partial charge in [0, 0.05) is 0 Å². The molecule has 3 rings (SSSR count). The Morgan fingerprint density at radius 1 is 0.600 bits per heavy atom. The molecule has 0 radical (unpaired) electrons. The summed E-state index contributed by atoms with van der Waals surface area (Å²) in [6.07, 6.45) is 3.38. The smallest absolute Gasteiger partial charge is 0.00258 e. The quantitative estimate of drug-likeness (QED) is 0.482. The molecule has 0 aliphatic rings. The van der Waals surface area contributed by atoms with Crippen LogP contribution in [0.25, 0.3) is 11.1 Å². The maximum absolute atomic E-state index is 2.30. The van der Waals surface area contributed by atoms with E-state index < -0.39 is 0 Å². The Balaban J connectivity index is 1.76. The Bertz CT molecular complexity index is 813. The highest BCUT2D eigenvalue weighted by atomic mass is 14.1. The zero-order valence-corrected chi connectivity index (χ0v) is 15.9. The van der Waals surface area contributed by atoms with Gasteiger partial charge in [0.1, 0.15) is 0 Å². The van der Waals surface area contributed by atoms with Crippen molar-refractivity contribution in [3.8, 4) is 11.1 Å². The van der Waals surface area contributed by atoms with Gasteiger partial charge in [-0.3, -0.25) is 0 Å². The van der Waals surface area contributed by atoms with Crippen LogP contribution in [0, 0.1) is 20.8 Å². The van der Waals surface area contributed by atoms with Gasteiger partial charge in [-0.2, -0.15) is 0 Å². The van der Waals surface area contributed by atoms with Gasteiger partial charge >= 0.3 is 0 Å². The van der Waals surface area contributed by atoms with Crippen LogP contribution in [0.4, 0.5) is 0 Å². The van der Waals surface area contributed by atoms with Crippen LogP contribution in [0.3, 0.4) is 0 Å². The normalized spacial score (nSPS) is 10.9. The lowest BCUT2D eigenvalue weighted by Gasteiger charge is -2.10. The molecule has 0 saturated heterocycles. The molecule has 3 aromatic rings. The van der Waals surface area contributed by atoms with Gasteiger partial charge in [-0.25, -0.2) is 0 Å². The van der Waals surface area contributed by atoms with Gasteiger partial charge in [-0.05, 0) is 78.1 Å². The molecular formula is C25H28. The van der Waals surface area contributed by atoms with Crippen LogP contribution >= 0.6 is 0 Å². The minimum absolute atomic E-state index is 0.999. The summed E-state index contributed by atoms with van der Waals surface area (Å²) in [5.74, 6) is 0. The highest BCUT2D eigenvalue weighted by Gasteiger charge is 2.04. The Morgan fingerprint density at radius 2 is 1.08 bits per heavy atom. The fourth-order valence-corrected chi connectivity index (χ4v) is 3.37. The summed E-state index contributed by atoms with van der Waals surface area (Å²) in [4.78, 5) is 0. The fraction of sp³-hybridized carbons (Fsp3) is 0.280. The molecule has 0 heterocycles. The Labute approximate surface area is 152 Å². The lowest BCUT2D eigenvalue weighted by atomic mass is 9.95. The van der Waals surface area contributed by atoms with E-state index in [4.69, 9.17) is 0 Å². The highest BCUT2D eigenvalue weighted by Crippen LogP contribution is 2.25. The number of hydrogen-bond acceptors (Lipinski definition) is 0. The molecule has 0 spiro atoms. The van der Waals surface area contributed by atoms with Gasteiger partial charge < -0.3 is 0 Å². The molecule has 0 aliphatic heterocycles. The SMILES string of the molecule is CCCc1ccc(Cc2ccc(-c3cc(C)c(C)c(C)c3)cc2)cc1. The van der Waals surface area contributed by atoms with Crippen molar-refractivity contribution in [2.45, 2.75) is 47.0 Å². The summed E-state index contributed by atoms with van der Waals surface area (Å²) in [5.41, 5.74) is 10.9. The van der Waals surface area contributed by atoms with E-state index >= 15 is 0 Å². The van der Waals surface area contributed by atoms with Gasteiger partial charge in [-0.15, -0.1) is 0 Å². The molecule has 128 valence electrons. The molecule has 0 aromatic heterocycles. The van der Waals surface area contributed by atoms with Crippen molar-refractivity contribution < 1.29 is 0 Å². The van der Waals surface area contributed by atoms with Crippen molar-refractivity contribution in [1.82, 2.24) is 0 Å². The van der Waals surface area contributed by atoms with Gasteiger partial charge in [0.15, 0.2) is 0 Å². The van der Waals surface area contributed by atoms with E-state index in [1.54, 1.807) is 0 Å². The summed E-state index contributed by atoms with van der Waals surface area (Å²) < 4.78 is 0. The predicted octanol–water partition coefficient (Wildman–Crippen LogP) is 6.82. The molecule has 0 heteroatoms. The molecule has 0 aliphatic carbocycles. The second-order valence-electron chi connectivity index (χ2n) is 7.18. The third kappa shape index (κ3) is 4.20. The summed E-state index contributed by atoms with van der Waals surface area (Å²) in [7, 11) is 0. The van der Waals surface area contributed by atoms with E-state index in [2.05, 4.69) is 88.4 Å². The Hall–Kier alpha value is -2.34. The second-order valence-corrected chi connectivity index (χ2v) is 7.18. The average molecular weight is 328 g/mol. The Kier molecular flexibility index (Phi) is 5.38. The lowest BCUT2D eigenvalue weighted by molar-refractivity contribution is 0.920. The van der Waals surface area contributed by atoms with Crippen molar-refractivity contribution >= 4 is 0 Å². The number of hydrogen-bond donors (Lipinski definition) is 0. The van der Waals surface area contributed by atoms with Crippen LogP contribution in [0.1, 0.15) is 46.7 Å². The van der Waals surface area contributed by atoms with E-state index in [0.717, 1.165) is 6.42 Å². The van der Waals surface area contributed by atoms with E-state index in [0.29, 0.717) is 0 Å². The van der Waals surface area contributed by atoms with Crippen LogP contribution in [-0.4, -0.2) is 0 Å². The minimum Gasteiger partial charge on any atom is -0.0651 e. The molecule has 0 amide bonds. The van der Waals surface area contributed by atoms with E-state index in [9.17, 15) is 0 Å². The number of rotatable bonds is 5. The summed E-state index contributed by atoms with van der Waals surface area (Å²) in [6, 6.07) is 22.7. The topological polar surface area (TPSA) is 0 Å². The van der Waals surface area contributed by atoms with Crippen LogP contribution in [0.15, 0.2) is 60.7 Å².